The van der Waals surface area contributed by atoms with Crippen LogP contribution in [-0.4, -0.2) is 13.4 Å². The second-order valence-corrected chi connectivity index (χ2v) is 7.11. The maximum absolute atomic E-state index is 12.4. The second-order valence-electron chi connectivity index (χ2n) is 4.62. The van der Waals surface area contributed by atoms with E-state index in [1.807, 2.05) is 13.8 Å². The van der Waals surface area contributed by atoms with Gasteiger partial charge < -0.3 is 0 Å². The number of rotatable bonds is 3. The molecule has 1 aromatic heterocycles. The lowest BCUT2D eigenvalue weighted by molar-refractivity contribution is 0.601. The first-order valence-corrected chi connectivity index (χ1v) is 8.30. The molecule has 20 heavy (non-hydrogen) atoms. The summed E-state index contributed by atoms with van der Waals surface area (Å²) >= 11 is 3.25. The Labute approximate surface area is 127 Å². The molecule has 0 aliphatic heterocycles. The Morgan fingerprint density at radius 1 is 1.05 bits per heavy atom. The molecule has 0 amide bonds. The SMILES string of the molecule is Cc1ccc(S(=O)(=O)Nc2ccc(Br)nc2C)cc1C. The van der Waals surface area contributed by atoms with Crippen molar-refractivity contribution >= 4 is 31.6 Å². The number of aryl methyl sites for hydroxylation is 3. The van der Waals surface area contributed by atoms with Crippen LogP contribution in [-0.2, 0) is 10.0 Å². The topological polar surface area (TPSA) is 59.1 Å². The van der Waals surface area contributed by atoms with E-state index in [-0.39, 0.29) is 4.90 Å². The van der Waals surface area contributed by atoms with Gasteiger partial charge in [-0.05, 0) is 72.1 Å². The third kappa shape index (κ3) is 3.19. The summed E-state index contributed by atoms with van der Waals surface area (Å²) in [5.74, 6) is 0. The van der Waals surface area contributed by atoms with Gasteiger partial charge in [0.05, 0.1) is 16.3 Å². The van der Waals surface area contributed by atoms with E-state index in [9.17, 15) is 8.42 Å². The maximum atomic E-state index is 12.4. The predicted octanol–water partition coefficient (Wildman–Crippen LogP) is 3.57. The number of nitrogens with one attached hydrogen (secondary N) is 1. The Morgan fingerprint density at radius 3 is 2.35 bits per heavy atom. The predicted molar refractivity (Wildman–Crippen MR) is 83.4 cm³/mol. The molecule has 0 bridgehead atoms. The van der Waals surface area contributed by atoms with E-state index >= 15 is 0 Å². The molecule has 0 aliphatic carbocycles. The first kappa shape index (κ1) is 15.0. The Bertz CT molecular complexity index is 758. The van der Waals surface area contributed by atoms with Gasteiger partial charge in [0.25, 0.3) is 10.0 Å². The van der Waals surface area contributed by atoms with Gasteiger partial charge in [0.15, 0.2) is 0 Å². The quantitative estimate of drug-likeness (QED) is 0.857. The molecule has 0 saturated carbocycles. The van der Waals surface area contributed by atoms with Crippen LogP contribution in [0.3, 0.4) is 0 Å². The van der Waals surface area contributed by atoms with Gasteiger partial charge in [0.1, 0.15) is 4.60 Å². The van der Waals surface area contributed by atoms with Crippen molar-refractivity contribution < 1.29 is 8.42 Å². The van der Waals surface area contributed by atoms with Gasteiger partial charge in [0, 0.05) is 0 Å². The summed E-state index contributed by atoms with van der Waals surface area (Å²) in [6.07, 6.45) is 0. The molecule has 106 valence electrons. The number of benzene rings is 1. The van der Waals surface area contributed by atoms with E-state index in [0.29, 0.717) is 16.0 Å². The molecule has 0 aliphatic rings. The van der Waals surface area contributed by atoms with Crippen LogP contribution < -0.4 is 4.72 Å². The van der Waals surface area contributed by atoms with Gasteiger partial charge in [0.2, 0.25) is 0 Å². The third-order valence-corrected chi connectivity index (χ3v) is 4.89. The smallest absolute Gasteiger partial charge is 0.261 e. The molecule has 2 aromatic rings. The van der Waals surface area contributed by atoms with Crippen LogP contribution in [0.4, 0.5) is 5.69 Å². The summed E-state index contributed by atoms with van der Waals surface area (Å²) in [4.78, 5) is 4.43. The lowest BCUT2D eigenvalue weighted by Crippen LogP contribution is -2.14. The van der Waals surface area contributed by atoms with Crippen molar-refractivity contribution in [2.75, 3.05) is 4.72 Å². The maximum Gasteiger partial charge on any atom is 0.261 e. The molecule has 0 fully saturated rings. The Hall–Kier alpha value is -1.40. The Morgan fingerprint density at radius 2 is 1.75 bits per heavy atom. The van der Waals surface area contributed by atoms with Crippen molar-refractivity contribution in [1.29, 1.82) is 0 Å². The van der Waals surface area contributed by atoms with Crippen molar-refractivity contribution in [1.82, 2.24) is 4.98 Å². The molecule has 0 radical (unpaired) electrons. The first-order chi connectivity index (χ1) is 9.29. The third-order valence-electron chi connectivity index (χ3n) is 3.08. The van der Waals surface area contributed by atoms with Crippen molar-refractivity contribution in [3.63, 3.8) is 0 Å². The van der Waals surface area contributed by atoms with Gasteiger partial charge in [-0.25, -0.2) is 13.4 Å². The highest BCUT2D eigenvalue weighted by Crippen LogP contribution is 2.21. The van der Waals surface area contributed by atoms with Crippen LogP contribution in [0.5, 0.6) is 0 Å². The van der Waals surface area contributed by atoms with Gasteiger partial charge in [-0.3, -0.25) is 4.72 Å². The normalized spacial score (nSPS) is 11.4. The summed E-state index contributed by atoms with van der Waals surface area (Å²) in [7, 11) is -3.59. The second kappa shape index (κ2) is 5.54. The number of hydrogen-bond donors (Lipinski definition) is 1. The molecule has 0 saturated heterocycles. The summed E-state index contributed by atoms with van der Waals surface area (Å²) in [5, 5.41) is 0. The monoisotopic (exact) mass is 354 g/mol. The van der Waals surface area contributed by atoms with Gasteiger partial charge >= 0.3 is 0 Å². The highest BCUT2D eigenvalue weighted by Gasteiger charge is 2.16. The van der Waals surface area contributed by atoms with Crippen LogP contribution in [0.2, 0.25) is 0 Å². The molecule has 1 heterocycles. The van der Waals surface area contributed by atoms with E-state index in [1.54, 1.807) is 37.3 Å². The summed E-state index contributed by atoms with van der Waals surface area (Å²) in [6, 6.07) is 8.46. The largest absolute Gasteiger partial charge is 0.278 e. The minimum Gasteiger partial charge on any atom is -0.278 e. The summed E-state index contributed by atoms with van der Waals surface area (Å²) in [6.45, 7) is 5.59. The molecular weight excluding hydrogens is 340 g/mol. The fraction of sp³-hybridized carbons (Fsp3) is 0.214. The number of hydrogen-bond acceptors (Lipinski definition) is 3. The molecule has 0 unspecified atom stereocenters. The molecule has 0 atom stereocenters. The van der Waals surface area contributed by atoms with Gasteiger partial charge in [-0.1, -0.05) is 6.07 Å². The number of anilines is 1. The number of aromatic nitrogens is 1. The van der Waals surface area contributed by atoms with Crippen LogP contribution in [0.25, 0.3) is 0 Å². The molecule has 1 aromatic carbocycles. The standard InChI is InChI=1S/C14H15BrN2O2S/c1-9-4-5-12(8-10(9)2)20(18,19)17-13-6-7-14(15)16-11(13)3/h4-8,17H,1-3H3. The summed E-state index contributed by atoms with van der Waals surface area (Å²) in [5.41, 5.74) is 3.10. The van der Waals surface area contributed by atoms with E-state index in [4.69, 9.17) is 0 Å². The molecule has 1 N–H and O–H groups in total. The zero-order valence-corrected chi connectivity index (χ0v) is 13.8. The number of sulfonamides is 1. The zero-order chi connectivity index (χ0) is 14.9. The number of halogens is 1. The highest BCUT2D eigenvalue weighted by atomic mass is 79.9. The number of nitrogens with zero attached hydrogens (tertiary/aromatic N) is 1. The van der Waals surface area contributed by atoms with Crippen molar-refractivity contribution in [3.8, 4) is 0 Å². The minimum absolute atomic E-state index is 0.253. The van der Waals surface area contributed by atoms with E-state index in [2.05, 4.69) is 25.6 Å². The molecule has 2 rings (SSSR count). The Balaban J connectivity index is 2.38. The first-order valence-electron chi connectivity index (χ1n) is 6.03. The van der Waals surface area contributed by atoms with Crippen LogP contribution in [0.1, 0.15) is 16.8 Å². The fourth-order valence-corrected chi connectivity index (χ4v) is 3.32. The zero-order valence-electron chi connectivity index (χ0n) is 11.4. The van der Waals surface area contributed by atoms with E-state index in [0.717, 1.165) is 11.1 Å². The van der Waals surface area contributed by atoms with Crippen molar-refractivity contribution in [3.05, 3.63) is 51.8 Å². The average Bonchev–Trinajstić information content (AvgIpc) is 2.36. The lowest BCUT2D eigenvalue weighted by atomic mass is 10.1. The van der Waals surface area contributed by atoms with Gasteiger partial charge in [-0.2, -0.15) is 0 Å². The molecule has 4 nitrogen and oxygen atoms in total. The van der Waals surface area contributed by atoms with Crippen LogP contribution in [0.15, 0.2) is 39.8 Å². The molecule has 0 spiro atoms. The van der Waals surface area contributed by atoms with Crippen molar-refractivity contribution in [2.24, 2.45) is 0 Å². The van der Waals surface area contributed by atoms with Crippen molar-refractivity contribution in [2.45, 2.75) is 25.7 Å². The molecule has 6 heteroatoms. The van der Waals surface area contributed by atoms with Crippen LogP contribution >= 0.6 is 15.9 Å². The fourth-order valence-electron chi connectivity index (χ4n) is 1.72. The van der Waals surface area contributed by atoms with Crippen LogP contribution in [0, 0.1) is 20.8 Å². The highest BCUT2D eigenvalue weighted by molar-refractivity contribution is 9.10. The van der Waals surface area contributed by atoms with E-state index < -0.39 is 10.0 Å². The lowest BCUT2D eigenvalue weighted by Gasteiger charge is -2.11. The van der Waals surface area contributed by atoms with Gasteiger partial charge in [-0.15, -0.1) is 0 Å². The number of pyridine rings is 1. The average molecular weight is 355 g/mol. The summed E-state index contributed by atoms with van der Waals surface area (Å²) < 4.78 is 27.9. The Kier molecular flexibility index (Phi) is 4.15. The minimum atomic E-state index is -3.59. The molecular formula is C14H15BrN2O2S. The van der Waals surface area contributed by atoms with E-state index in [1.165, 1.54) is 0 Å².